The molecule has 0 aliphatic carbocycles. The van der Waals surface area contributed by atoms with Gasteiger partial charge in [0, 0.05) is 31.7 Å². The number of benzene rings is 1. The average Bonchev–Trinajstić information content (AvgIpc) is 2.56. The predicted molar refractivity (Wildman–Crippen MR) is 86.8 cm³/mol. The summed E-state index contributed by atoms with van der Waals surface area (Å²) in [5.74, 6) is 0.928. The SMILES string of the molecule is C[C@H]1CCCN(Cc2ccc(C(=O)N3CCOCC3)cc2)C1. The van der Waals surface area contributed by atoms with E-state index in [1.807, 2.05) is 17.0 Å². The smallest absolute Gasteiger partial charge is 0.254 e. The molecule has 2 aliphatic heterocycles. The summed E-state index contributed by atoms with van der Waals surface area (Å²) < 4.78 is 5.30. The Labute approximate surface area is 133 Å². The minimum atomic E-state index is 0.126. The molecule has 1 atom stereocenters. The number of hydrogen-bond acceptors (Lipinski definition) is 3. The zero-order chi connectivity index (χ0) is 15.4. The summed E-state index contributed by atoms with van der Waals surface area (Å²) >= 11 is 0. The van der Waals surface area contributed by atoms with E-state index in [2.05, 4.69) is 24.0 Å². The second-order valence-electron chi connectivity index (χ2n) is 6.58. The molecule has 4 nitrogen and oxygen atoms in total. The van der Waals surface area contributed by atoms with Crippen LogP contribution < -0.4 is 0 Å². The molecule has 1 aromatic rings. The molecule has 0 saturated carbocycles. The first-order valence-corrected chi connectivity index (χ1v) is 8.40. The maximum atomic E-state index is 12.4. The molecule has 0 aromatic heterocycles. The molecule has 2 heterocycles. The molecular formula is C18H26N2O2. The Morgan fingerprint density at radius 1 is 1.18 bits per heavy atom. The maximum absolute atomic E-state index is 12.4. The highest BCUT2D eigenvalue weighted by molar-refractivity contribution is 5.94. The quantitative estimate of drug-likeness (QED) is 0.859. The van der Waals surface area contributed by atoms with Crippen LogP contribution in [0, 0.1) is 5.92 Å². The van der Waals surface area contributed by atoms with E-state index in [1.54, 1.807) is 0 Å². The third-order valence-corrected chi connectivity index (χ3v) is 4.65. The van der Waals surface area contributed by atoms with E-state index in [4.69, 9.17) is 4.74 Å². The molecule has 1 aromatic carbocycles. The van der Waals surface area contributed by atoms with Gasteiger partial charge in [-0.05, 0) is 43.0 Å². The normalized spacial score (nSPS) is 23.5. The monoisotopic (exact) mass is 302 g/mol. The van der Waals surface area contributed by atoms with Crippen LogP contribution in [-0.4, -0.2) is 55.1 Å². The van der Waals surface area contributed by atoms with Crippen LogP contribution in [-0.2, 0) is 11.3 Å². The van der Waals surface area contributed by atoms with Crippen LogP contribution in [0.25, 0.3) is 0 Å². The fraction of sp³-hybridized carbons (Fsp3) is 0.611. The molecular weight excluding hydrogens is 276 g/mol. The van der Waals surface area contributed by atoms with Crippen LogP contribution >= 0.6 is 0 Å². The van der Waals surface area contributed by atoms with Gasteiger partial charge >= 0.3 is 0 Å². The average molecular weight is 302 g/mol. The molecule has 2 saturated heterocycles. The summed E-state index contributed by atoms with van der Waals surface area (Å²) in [5, 5.41) is 0. The summed E-state index contributed by atoms with van der Waals surface area (Å²) in [6.07, 6.45) is 2.65. The van der Waals surface area contributed by atoms with E-state index < -0.39 is 0 Å². The number of hydrogen-bond donors (Lipinski definition) is 0. The fourth-order valence-corrected chi connectivity index (χ4v) is 3.39. The molecule has 0 radical (unpaired) electrons. The molecule has 1 amide bonds. The number of amides is 1. The Hall–Kier alpha value is -1.39. The van der Waals surface area contributed by atoms with Crippen molar-refractivity contribution in [1.29, 1.82) is 0 Å². The maximum Gasteiger partial charge on any atom is 0.254 e. The highest BCUT2D eigenvalue weighted by Crippen LogP contribution is 2.18. The van der Waals surface area contributed by atoms with Gasteiger partial charge in [-0.25, -0.2) is 0 Å². The van der Waals surface area contributed by atoms with Crippen LogP contribution in [0.2, 0.25) is 0 Å². The van der Waals surface area contributed by atoms with Crippen molar-refractivity contribution < 1.29 is 9.53 Å². The van der Waals surface area contributed by atoms with Gasteiger partial charge in [-0.3, -0.25) is 9.69 Å². The number of piperidine rings is 1. The van der Waals surface area contributed by atoms with Crippen LogP contribution in [0.3, 0.4) is 0 Å². The highest BCUT2D eigenvalue weighted by Gasteiger charge is 2.19. The second-order valence-corrected chi connectivity index (χ2v) is 6.58. The first-order chi connectivity index (χ1) is 10.7. The van der Waals surface area contributed by atoms with E-state index in [1.165, 1.54) is 31.5 Å². The van der Waals surface area contributed by atoms with Crippen molar-refractivity contribution in [2.75, 3.05) is 39.4 Å². The Morgan fingerprint density at radius 3 is 2.59 bits per heavy atom. The van der Waals surface area contributed by atoms with Crippen molar-refractivity contribution in [2.45, 2.75) is 26.3 Å². The standard InChI is InChI=1S/C18H26N2O2/c1-15-3-2-8-19(13-15)14-16-4-6-17(7-5-16)18(21)20-9-11-22-12-10-20/h4-7,15H,2-3,8-14H2,1H3/t15-/m0/s1. The molecule has 22 heavy (non-hydrogen) atoms. The first kappa shape index (κ1) is 15.5. The highest BCUT2D eigenvalue weighted by atomic mass is 16.5. The lowest BCUT2D eigenvalue weighted by Crippen LogP contribution is -2.40. The van der Waals surface area contributed by atoms with Gasteiger partial charge in [0.1, 0.15) is 0 Å². The lowest BCUT2D eigenvalue weighted by molar-refractivity contribution is 0.0303. The van der Waals surface area contributed by atoms with E-state index in [-0.39, 0.29) is 5.91 Å². The lowest BCUT2D eigenvalue weighted by atomic mass is 9.99. The van der Waals surface area contributed by atoms with Gasteiger partial charge in [0.05, 0.1) is 13.2 Å². The minimum Gasteiger partial charge on any atom is -0.378 e. The predicted octanol–water partition coefficient (Wildman–Crippen LogP) is 2.39. The molecule has 0 bridgehead atoms. The van der Waals surface area contributed by atoms with Gasteiger partial charge in [-0.2, -0.15) is 0 Å². The van der Waals surface area contributed by atoms with Crippen molar-refractivity contribution in [3.05, 3.63) is 35.4 Å². The number of morpholine rings is 1. The molecule has 2 aliphatic rings. The summed E-state index contributed by atoms with van der Waals surface area (Å²) in [4.78, 5) is 16.8. The van der Waals surface area contributed by atoms with Crippen LogP contribution in [0.5, 0.6) is 0 Å². The summed E-state index contributed by atoms with van der Waals surface area (Å²) in [5.41, 5.74) is 2.09. The van der Waals surface area contributed by atoms with Crippen molar-refractivity contribution in [2.24, 2.45) is 5.92 Å². The number of likely N-dealkylation sites (tertiary alicyclic amines) is 1. The summed E-state index contributed by atoms with van der Waals surface area (Å²) in [7, 11) is 0. The van der Waals surface area contributed by atoms with Gasteiger partial charge in [-0.15, -0.1) is 0 Å². The zero-order valence-corrected chi connectivity index (χ0v) is 13.5. The fourth-order valence-electron chi connectivity index (χ4n) is 3.39. The van der Waals surface area contributed by atoms with Gasteiger partial charge in [0.25, 0.3) is 5.91 Å². The largest absolute Gasteiger partial charge is 0.378 e. The molecule has 0 N–H and O–H groups in total. The number of ether oxygens (including phenoxy) is 1. The van der Waals surface area contributed by atoms with Gasteiger partial charge in [0.2, 0.25) is 0 Å². The van der Waals surface area contributed by atoms with Crippen molar-refractivity contribution in [1.82, 2.24) is 9.80 Å². The molecule has 4 heteroatoms. The molecule has 120 valence electrons. The first-order valence-electron chi connectivity index (χ1n) is 8.40. The molecule has 3 rings (SSSR count). The van der Waals surface area contributed by atoms with Crippen molar-refractivity contribution >= 4 is 5.91 Å². The topological polar surface area (TPSA) is 32.8 Å². The van der Waals surface area contributed by atoms with Crippen LogP contribution in [0.1, 0.15) is 35.7 Å². The van der Waals surface area contributed by atoms with Gasteiger partial charge < -0.3 is 9.64 Å². The number of carbonyl (C=O) groups is 1. The molecule has 0 unspecified atom stereocenters. The van der Waals surface area contributed by atoms with Gasteiger partial charge in [0.15, 0.2) is 0 Å². The second kappa shape index (κ2) is 7.25. The zero-order valence-electron chi connectivity index (χ0n) is 13.5. The van der Waals surface area contributed by atoms with E-state index in [0.717, 1.165) is 18.0 Å². The Balaban J connectivity index is 1.58. The van der Waals surface area contributed by atoms with Crippen molar-refractivity contribution in [3.63, 3.8) is 0 Å². The van der Waals surface area contributed by atoms with E-state index >= 15 is 0 Å². The minimum absolute atomic E-state index is 0.126. The van der Waals surface area contributed by atoms with Crippen molar-refractivity contribution in [3.8, 4) is 0 Å². The molecule has 0 spiro atoms. The van der Waals surface area contributed by atoms with Crippen LogP contribution in [0.4, 0.5) is 0 Å². The molecule has 2 fully saturated rings. The van der Waals surface area contributed by atoms with Gasteiger partial charge in [-0.1, -0.05) is 19.1 Å². The summed E-state index contributed by atoms with van der Waals surface area (Å²) in [6.45, 7) is 8.41. The third-order valence-electron chi connectivity index (χ3n) is 4.65. The van der Waals surface area contributed by atoms with E-state index in [0.29, 0.717) is 26.3 Å². The number of rotatable bonds is 3. The Morgan fingerprint density at radius 2 is 1.91 bits per heavy atom. The third kappa shape index (κ3) is 3.87. The Bertz CT molecular complexity index is 494. The number of nitrogens with zero attached hydrogens (tertiary/aromatic N) is 2. The Kier molecular flexibility index (Phi) is 5.11. The summed E-state index contributed by atoms with van der Waals surface area (Å²) in [6, 6.07) is 8.15. The lowest BCUT2D eigenvalue weighted by Gasteiger charge is -2.31. The van der Waals surface area contributed by atoms with E-state index in [9.17, 15) is 4.79 Å². The number of carbonyl (C=O) groups excluding carboxylic acids is 1. The van der Waals surface area contributed by atoms with Crippen LogP contribution in [0.15, 0.2) is 24.3 Å².